The summed E-state index contributed by atoms with van der Waals surface area (Å²) in [5.74, 6) is 0.723. The summed E-state index contributed by atoms with van der Waals surface area (Å²) in [7, 11) is 2.02. The van der Waals surface area contributed by atoms with Crippen molar-refractivity contribution >= 4 is 11.7 Å². The maximum absolute atomic E-state index is 12.3. The average molecular weight is 370 g/mol. The lowest BCUT2D eigenvalue weighted by Crippen LogP contribution is -2.45. The number of urea groups is 1. The minimum atomic E-state index is -0.234. The molecule has 2 amide bonds. The van der Waals surface area contributed by atoms with E-state index in [2.05, 4.69) is 20.5 Å². The second kappa shape index (κ2) is 9.34. The van der Waals surface area contributed by atoms with Crippen molar-refractivity contribution < 1.29 is 14.3 Å². The molecule has 1 fully saturated rings. The van der Waals surface area contributed by atoms with Gasteiger partial charge in [-0.1, -0.05) is 6.07 Å². The fourth-order valence-electron chi connectivity index (χ4n) is 3.09. The normalized spacial score (nSPS) is 19.6. The first-order valence-electron chi connectivity index (χ1n) is 9.14. The van der Waals surface area contributed by atoms with Crippen molar-refractivity contribution in [1.29, 1.82) is 0 Å². The second-order valence-electron chi connectivity index (χ2n) is 6.55. The van der Waals surface area contributed by atoms with E-state index in [4.69, 9.17) is 9.47 Å². The molecular formula is C20H26N4O3. The third-order valence-electron chi connectivity index (χ3n) is 4.37. The molecule has 7 heteroatoms. The molecule has 0 unspecified atom stereocenters. The van der Waals surface area contributed by atoms with E-state index >= 15 is 0 Å². The van der Waals surface area contributed by atoms with Gasteiger partial charge in [0.2, 0.25) is 0 Å². The van der Waals surface area contributed by atoms with Crippen molar-refractivity contribution in [2.45, 2.75) is 25.7 Å². The summed E-state index contributed by atoms with van der Waals surface area (Å²) in [6, 6.07) is 12.7. The number of hydrogen-bond acceptors (Lipinski definition) is 5. The van der Waals surface area contributed by atoms with Gasteiger partial charge in [-0.05, 0) is 50.4 Å². The molecular weight excluding hydrogens is 344 g/mol. The zero-order valence-electron chi connectivity index (χ0n) is 15.7. The highest BCUT2D eigenvalue weighted by Gasteiger charge is 2.32. The molecule has 27 heavy (non-hydrogen) atoms. The molecule has 0 spiro atoms. The van der Waals surface area contributed by atoms with Crippen LogP contribution in [-0.2, 0) is 11.3 Å². The summed E-state index contributed by atoms with van der Waals surface area (Å²) >= 11 is 0. The minimum absolute atomic E-state index is 0.0177. The number of likely N-dealkylation sites (N-methyl/N-ethyl adjacent to an activating group) is 1. The number of carbonyl (C=O) groups is 1. The van der Waals surface area contributed by atoms with Crippen molar-refractivity contribution in [3.05, 3.63) is 54.4 Å². The van der Waals surface area contributed by atoms with Crippen LogP contribution >= 0.6 is 0 Å². The maximum Gasteiger partial charge on any atom is 0.319 e. The lowest BCUT2D eigenvalue weighted by Gasteiger charge is -2.20. The van der Waals surface area contributed by atoms with E-state index < -0.39 is 0 Å². The van der Waals surface area contributed by atoms with Crippen LogP contribution in [0.1, 0.15) is 12.6 Å². The van der Waals surface area contributed by atoms with Crippen LogP contribution in [0.4, 0.5) is 10.5 Å². The number of amides is 2. The van der Waals surface area contributed by atoms with E-state index in [0.717, 1.165) is 24.5 Å². The predicted molar refractivity (Wildman–Crippen MR) is 104 cm³/mol. The monoisotopic (exact) mass is 370 g/mol. The van der Waals surface area contributed by atoms with Crippen LogP contribution < -0.4 is 15.4 Å². The molecule has 1 saturated heterocycles. The van der Waals surface area contributed by atoms with Gasteiger partial charge in [-0.25, -0.2) is 4.79 Å². The van der Waals surface area contributed by atoms with Crippen LogP contribution in [0.25, 0.3) is 0 Å². The van der Waals surface area contributed by atoms with Gasteiger partial charge in [0, 0.05) is 31.6 Å². The number of benzene rings is 1. The minimum Gasteiger partial charge on any atom is -0.487 e. The van der Waals surface area contributed by atoms with Crippen LogP contribution in [0.3, 0.4) is 0 Å². The molecule has 2 atom stereocenters. The Bertz CT molecular complexity index is 724. The van der Waals surface area contributed by atoms with Gasteiger partial charge in [-0.3, -0.25) is 4.98 Å². The molecule has 2 N–H and O–H groups in total. The molecule has 0 bridgehead atoms. The molecule has 7 nitrogen and oxygen atoms in total. The number of pyridine rings is 1. The largest absolute Gasteiger partial charge is 0.487 e. The van der Waals surface area contributed by atoms with Crippen molar-refractivity contribution in [2.24, 2.45) is 0 Å². The average Bonchev–Trinajstić information content (AvgIpc) is 3.01. The van der Waals surface area contributed by atoms with Gasteiger partial charge in [-0.15, -0.1) is 0 Å². The summed E-state index contributed by atoms with van der Waals surface area (Å²) in [6.45, 7) is 4.60. The number of nitrogens with zero attached hydrogens (tertiary/aromatic N) is 2. The Hall–Kier alpha value is -2.64. The Morgan fingerprint density at radius 3 is 2.74 bits per heavy atom. The number of rotatable bonds is 7. The van der Waals surface area contributed by atoms with Crippen molar-refractivity contribution in [3.63, 3.8) is 0 Å². The predicted octanol–water partition coefficient (Wildman–Crippen LogP) is 2.50. The number of ether oxygens (including phenoxy) is 2. The fourth-order valence-corrected chi connectivity index (χ4v) is 3.09. The zero-order chi connectivity index (χ0) is 19.1. The molecule has 144 valence electrons. The van der Waals surface area contributed by atoms with E-state index in [0.29, 0.717) is 18.9 Å². The summed E-state index contributed by atoms with van der Waals surface area (Å²) in [5, 5.41) is 5.85. The lowest BCUT2D eigenvalue weighted by molar-refractivity contribution is 0.0568. The van der Waals surface area contributed by atoms with Gasteiger partial charge in [0.1, 0.15) is 12.4 Å². The molecule has 0 radical (unpaired) electrons. The van der Waals surface area contributed by atoms with Crippen LogP contribution in [0.15, 0.2) is 48.7 Å². The molecule has 2 heterocycles. The van der Waals surface area contributed by atoms with Crippen LogP contribution in [0.5, 0.6) is 5.75 Å². The molecule has 0 aliphatic carbocycles. The molecule has 1 aromatic heterocycles. The summed E-state index contributed by atoms with van der Waals surface area (Å²) in [4.78, 5) is 18.7. The number of hydrogen-bond donors (Lipinski definition) is 2. The summed E-state index contributed by atoms with van der Waals surface area (Å²) in [6.07, 6.45) is 1.76. The fraction of sp³-hybridized carbons (Fsp3) is 0.400. The number of aromatic nitrogens is 1. The smallest absolute Gasteiger partial charge is 0.319 e. The second-order valence-corrected chi connectivity index (χ2v) is 6.55. The van der Waals surface area contributed by atoms with Gasteiger partial charge in [0.05, 0.1) is 17.8 Å². The number of anilines is 1. The highest BCUT2D eigenvalue weighted by molar-refractivity contribution is 5.89. The van der Waals surface area contributed by atoms with Gasteiger partial charge < -0.3 is 25.0 Å². The molecule has 3 rings (SSSR count). The molecule has 1 aromatic carbocycles. The molecule has 0 saturated carbocycles. The van der Waals surface area contributed by atoms with Gasteiger partial charge in [0.15, 0.2) is 0 Å². The Morgan fingerprint density at radius 2 is 2.04 bits per heavy atom. The molecule has 1 aliphatic heterocycles. The number of nitrogens with one attached hydrogen (secondary N) is 2. The third-order valence-corrected chi connectivity index (χ3v) is 4.37. The Labute approximate surface area is 159 Å². The Balaban J connectivity index is 1.48. The van der Waals surface area contributed by atoms with E-state index in [1.165, 1.54) is 0 Å². The zero-order valence-corrected chi connectivity index (χ0v) is 15.7. The van der Waals surface area contributed by atoms with Crippen LogP contribution in [-0.4, -0.2) is 54.8 Å². The summed E-state index contributed by atoms with van der Waals surface area (Å²) < 4.78 is 11.4. The molecule has 1 aliphatic rings. The highest BCUT2D eigenvalue weighted by Crippen LogP contribution is 2.17. The topological polar surface area (TPSA) is 75.7 Å². The standard InChI is InChI=1S/C20H26N4O3/c1-3-26-19-13-24(2)12-18(19)23-20(25)22-15-7-9-17(10-8-15)27-14-16-6-4-5-11-21-16/h4-11,18-19H,3,12-14H2,1-2H3,(H2,22,23,25)/t18-,19-/m1/s1. The Kier molecular flexibility index (Phi) is 6.62. The number of carbonyl (C=O) groups excluding carboxylic acids is 1. The van der Waals surface area contributed by atoms with E-state index in [9.17, 15) is 4.79 Å². The summed E-state index contributed by atoms with van der Waals surface area (Å²) in [5.41, 5.74) is 1.57. The third kappa shape index (κ3) is 5.67. The van der Waals surface area contributed by atoms with E-state index in [-0.39, 0.29) is 18.2 Å². The van der Waals surface area contributed by atoms with Crippen molar-refractivity contribution in [3.8, 4) is 5.75 Å². The van der Waals surface area contributed by atoms with E-state index in [1.807, 2.05) is 56.4 Å². The van der Waals surface area contributed by atoms with Gasteiger partial charge >= 0.3 is 6.03 Å². The van der Waals surface area contributed by atoms with Crippen molar-refractivity contribution in [1.82, 2.24) is 15.2 Å². The highest BCUT2D eigenvalue weighted by atomic mass is 16.5. The first kappa shape index (κ1) is 19.1. The SMILES string of the molecule is CCO[C@@H]1CN(C)C[C@H]1NC(=O)Nc1ccc(OCc2ccccn2)cc1. The Morgan fingerprint density at radius 1 is 1.22 bits per heavy atom. The van der Waals surface area contributed by atoms with Crippen molar-refractivity contribution in [2.75, 3.05) is 32.1 Å². The first-order chi connectivity index (χ1) is 13.1. The number of likely N-dealkylation sites (tertiary alicyclic amines) is 1. The quantitative estimate of drug-likeness (QED) is 0.783. The van der Waals surface area contributed by atoms with Gasteiger partial charge in [0.25, 0.3) is 0 Å². The lowest BCUT2D eigenvalue weighted by atomic mass is 10.2. The van der Waals surface area contributed by atoms with Crippen LogP contribution in [0, 0.1) is 0 Å². The van der Waals surface area contributed by atoms with Crippen LogP contribution in [0.2, 0.25) is 0 Å². The molecule has 2 aromatic rings. The van der Waals surface area contributed by atoms with Gasteiger partial charge in [-0.2, -0.15) is 0 Å². The first-order valence-corrected chi connectivity index (χ1v) is 9.14. The maximum atomic E-state index is 12.3. The van der Waals surface area contributed by atoms with E-state index in [1.54, 1.807) is 6.20 Å².